The maximum absolute atomic E-state index is 11.5. The zero-order valence-corrected chi connectivity index (χ0v) is 10.5. The van der Waals surface area contributed by atoms with E-state index in [1.165, 1.54) is 0 Å². The van der Waals surface area contributed by atoms with Gasteiger partial charge in [0, 0.05) is 16.5 Å². The average Bonchev–Trinajstić information content (AvgIpc) is 2.64. The molecular weight excluding hydrogens is 261 g/mol. The number of aliphatic imine (C=N–C) groups is 1. The highest BCUT2D eigenvalue weighted by atomic mass is 35.5. The van der Waals surface area contributed by atoms with Crippen molar-refractivity contribution in [2.24, 2.45) is 4.99 Å². The first kappa shape index (κ1) is 12.1. The minimum absolute atomic E-state index is 0.256. The maximum Gasteiger partial charge on any atom is 0.363 e. The number of esters is 1. The van der Waals surface area contributed by atoms with Crippen LogP contribution in [0.15, 0.2) is 28.9 Å². The number of carbonyl (C=O) groups is 1. The lowest BCUT2D eigenvalue weighted by Gasteiger charge is -1.98. The van der Waals surface area contributed by atoms with Gasteiger partial charge in [-0.1, -0.05) is 36.2 Å². The summed E-state index contributed by atoms with van der Waals surface area (Å²) in [4.78, 5) is 15.5. The predicted octanol–water partition coefficient (Wildman–Crippen LogP) is 3.70. The number of hydrogen-bond acceptors (Lipinski definition) is 3. The number of ether oxygens (including phenoxy) is 1. The SMILES string of the molecule is CCC1=N/C(=C/c2ccc(Cl)cc2Cl)C(=O)O1. The Morgan fingerprint density at radius 2 is 2.18 bits per heavy atom. The van der Waals surface area contributed by atoms with Crippen molar-refractivity contribution in [2.75, 3.05) is 0 Å². The largest absolute Gasteiger partial charge is 0.407 e. The lowest BCUT2D eigenvalue weighted by molar-refractivity contribution is -0.130. The molecule has 1 aliphatic rings. The van der Waals surface area contributed by atoms with Crippen LogP contribution in [0.5, 0.6) is 0 Å². The number of nitrogens with zero attached hydrogens (tertiary/aromatic N) is 1. The number of hydrogen-bond donors (Lipinski definition) is 0. The van der Waals surface area contributed by atoms with E-state index in [2.05, 4.69) is 4.99 Å². The van der Waals surface area contributed by atoms with Crippen LogP contribution in [0.3, 0.4) is 0 Å². The molecule has 1 heterocycles. The molecule has 0 amide bonds. The average molecular weight is 270 g/mol. The molecule has 0 spiro atoms. The predicted molar refractivity (Wildman–Crippen MR) is 68.3 cm³/mol. The summed E-state index contributed by atoms with van der Waals surface area (Å²) in [7, 11) is 0. The van der Waals surface area contributed by atoms with Crippen LogP contribution in [-0.2, 0) is 9.53 Å². The van der Waals surface area contributed by atoms with E-state index in [4.69, 9.17) is 27.9 Å². The Bertz CT molecular complexity index is 535. The number of rotatable bonds is 2. The van der Waals surface area contributed by atoms with E-state index in [1.54, 1.807) is 24.3 Å². The van der Waals surface area contributed by atoms with Gasteiger partial charge < -0.3 is 4.74 Å². The molecule has 0 saturated carbocycles. The summed E-state index contributed by atoms with van der Waals surface area (Å²) in [5, 5.41) is 1.02. The molecule has 88 valence electrons. The van der Waals surface area contributed by atoms with Crippen LogP contribution in [0.25, 0.3) is 6.08 Å². The van der Waals surface area contributed by atoms with Gasteiger partial charge in [0.2, 0.25) is 0 Å². The summed E-state index contributed by atoms with van der Waals surface area (Å²) >= 11 is 11.8. The molecule has 1 aliphatic heterocycles. The molecule has 2 rings (SSSR count). The lowest BCUT2D eigenvalue weighted by atomic mass is 10.2. The quantitative estimate of drug-likeness (QED) is 0.607. The van der Waals surface area contributed by atoms with Crippen molar-refractivity contribution >= 4 is 41.1 Å². The summed E-state index contributed by atoms with van der Waals surface area (Å²) in [5.74, 6) is -0.0285. The third kappa shape index (κ3) is 2.68. The topological polar surface area (TPSA) is 38.7 Å². The van der Waals surface area contributed by atoms with Crippen molar-refractivity contribution in [2.45, 2.75) is 13.3 Å². The number of cyclic esters (lactones) is 1. The molecule has 0 bridgehead atoms. The molecule has 0 atom stereocenters. The van der Waals surface area contributed by atoms with Crippen molar-refractivity contribution in [3.8, 4) is 0 Å². The van der Waals surface area contributed by atoms with Crippen LogP contribution in [0.1, 0.15) is 18.9 Å². The van der Waals surface area contributed by atoms with E-state index in [0.29, 0.717) is 27.9 Å². The molecule has 0 aliphatic carbocycles. The Hall–Kier alpha value is -1.32. The minimum atomic E-state index is -0.451. The van der Waals surface area contributed by atoms with Crippen LogP contribution in [0, 0.1) is 0 Å². The Labute approximate surface area is 109 Å². The highest BCUT2D eigenvalue weighted by Crippen LogP contribution is 2.25. The van der Waals surface area contributed by atoms with Crippen molar-refractivity contribution in [1.29, 1.82) is 0 Å². The van der Waals surface area contributed by atoms with Crippen LogP contribution < -0.4 is 0 Å². The fourth-order valence-corrected chi connectivity index (χ4v) is 1.83. The van der Waals surface area contributed by atoms with Gasteiger partial charge in [-0.15, -0.1) is 0 Å². The third-order valence-electron chi connectivity index (χ3n) is 2.22. The number of halogens is 2. The molecule has 5 heteroatoms. The summed E-state index contributed by atoms with van der Waals surface area (Å²) in [6.45, 7) is 1.87. The van der Waals surface area contributed by atoms with E-state index in [-0.39, 0.29) is 5.70 Å². The normalized spacial score (nSPS) is 17.2. The van der Waals surface area contributed by atoms with Gasteiger partial charge in [0.15, 0.2) is 11.6 Å². The summed E-state index contributed by atoms with van der Waals surface area (Å²) in [6, 6.07) is 5.04. The van der Waals surface area contributed by atoms with Gasteiger partial charge in [0.25, 0.3) is 0 Å². The van der Waals surface area contributed by atoms with Gasteiger partial charge in [-0.25, -0.2) is 9.79 Å². The van der Waals surface area contributed by atoms with E-state index in [9.17, 15) is 4.79 Å². The molecule has 0 N–H and O–H groups in total. The number of carbonyl (C=O) groups excluding carboxylic acids is 1. The van der Waals surface area contributed by atoms with Crippen molar-refractivity contribution in [3.05, 3.63) is 39.5 Å². The molecule has 0 aromatic heterocycles. The lowest BCUT2D eigenvalue weighted by Crippen LogP contribution is -2.02. The summed E-state index contributed by atoms with van der Waals surface area (Å²) in [6.07, 6.45) is 2.17. The molecule has 1 aromatic rings. The Morgan fingerprint density at radius 3 is 2.76 bits per heavy atom. The van der Waals surface area contributed by atoms with Crippen molar-refractivity contribution < 1.29 is 9.53 Å². The van der Waals surface area contributed by atoms with Crippen LogP contribution >= 0.6 is 23.2 Å². The molecule has 0 saturated heterocycles. The van der Waals surface area contributed by atoms with Gasteiger partial charge in [-0.2, -0.15) is 0 Å². The van der Waals surface area contributed by atoms with E-state index in [0.717, 1.165) is 0 Å². The first-order chi connectivity index (χ1) is 8.10. The van der Waals surface area contributed by atoms with E-state index < -0.39 is 5.97 Å². The highest BCUT2D eigenvalue weighted by molar-refractivity contribution is 6.35. The molecule has 17 heavy (non-hydrogen) atoms. The second-order valence-electron chi connectivity index (χ2n) is 3.44. The summed E-state index contributed by atoms with van der Waals surface area (Å²) in [5.41, 5.74) is 0.940. The number of benzene rings is 1. The molecule has 1 aromatic carbocycles. The van der Waals surface area contributed by atoms with Gasteiger partial charge in [0.05, 0.1) is 0 Å². The van der Waals surface area contributed by atoms with Crippen LogP contribution in [0.4, 0.5) is 0 Å². The highest BCUT2D eigenvalue weighted by Gasteiger charge is 2.21. The second kappa shape index (κ2) is 4.90. The first-order valence-electron chi connectivity index (χ1n) is 5.06. The zero-order valence-electron chi connectivity index (χ0n) is 9.04. The smallest absolute Gasteiger partial charge is 0.363 e. The van der Waals surface area contributed by atoms with Crippen LogP contribution in [-0.4, -0.2) is 11.9 Å². The standard InChI is InChI=1S/C12H9Cl2NO2/c1-2-11-15-10(12(16)17-11)5-7-3-4-8(13)6-9(7)14/h3-6H,2H2,1H3/b10-5+. The Kier molecular flexibility index (Phi) is 3.50. The van der Waals surface area contributed by atoms with Crippen molar-refractivity contribution in [1.82, 2.24) is 0 Å². The van der Waals surface area contributed by atoms with Crippen molar-refractivity contribution in [3.63, 3.8) is 0 Å². The summed E-state index contributed by atoms with van der Waals surface area (Å²) < 4.78 is 4.93. The Balaban J connectivity index is 2.36. The van der Waals surface area contributed by atoms with Gasteiger partial charge in [0.1, 0.15) is 0 Å². The monoisotopic (exact) mass is 269 g/mol. The van der Waals surface area contributed by atoms with Crippen LogP contribution in [0.2, 0.25) is 10.0 Å². The van der Waals surface area contributed by atoms with E-state index >= 15 is 0 Å². The first-order valence-corrected chi connectivity index (χ1v) is 5.82. The minimum Gasteiger partial charge on any atom is -0.407 e. The van der Waals surface area contributed by atoms with Gasteiger partial charge in [-0.05, 0) is 23.8 Å². The molecular formula is C12H9Cl2NO2. The fourth-order valence-electron chi connectivity index (χ4n) is 1.37. The Morgan fingerprint density at radius 1 is 1.41 bits per heavy atom. The molecule has 0 unspecified atom stereocenters. The van der Waals surface area contributed by atoms with E-state index in [1.807, 2.05) is 6.92 Å². The van der Waals surface area contributed by atoms with Gasteiger partial charge in [-0.3, -0.25) is 0 Å². The molecule has 0 radical (unpaired) electrons. The maximum atomic E-state index is 11.5. The van der Waals surface area contributed by atoms with Gasteiger partial charge >= 0.3 is 5.97 Å². The fraction of sp³-hybridized carbons (Fsp3) is 0.167. The molecule has 0 fully saturated rings. The third-order valence-corrected chi connectivity index (χ3v) is 2.78. The zero-order chi connectivity index (χ0) is 12.4. The second-order valence-corrected chi connectivity index (χ2v) is 4.29. The molecule has 3 nitrogen and oxygen atoms in total.